The summed E-state index contributed by atoms with van der Waals surface area (Å²) in [6, 6.07) is 10.7. The molecular weight excluding hydrogens is 452 g/mol. The number of carbonyl (C=O) groups excluding carboxylic acids is 3. The maximum Gasteiger partial charge on any atom is 0.425 e. The van der Waals surface area contributed by atoms with Gasteiger partial charge >= 0.3 is 6.18 Å². The predicted molar refractivity (Wildman–Crippen MR) is 116 cm³/mol. The first-order valence-electron chi connectivity index (χ1n) is 10.6. The summed E-state index contributed by atoms with van der Waals surface area (Å²) in [6.45, 7) is 5.22. The van der Waals surface area contributed by atoms with E-state index >= 15 is 0 Å². The van der Waals surface area contributed by atoms with Gasteiger partial charge in [0.1, 0.15) is 5.82 Å². The Labute approximate surface area is 193 Å². The number of alkyl halides is 3. The number of hydrogen-bond acceptors (Lipinski definition) is 3. The molecule has 0 saturated carbocycles. The molecule has 1 N–H and O–H groups in total. The van der Waals surface area contributed by atoms with Gasteiger partial charge in [-0.05, 0) is 43.0 Å². The highest BCUT2D eigenvalue weighted by molar-refractivity contribution is 6.21. The fourth-order valence-electron chi connectivity index (χ4n) is 4.60. The van der Waals surface area contributed by atoms with Crippen molar-refractivity contribution >= 4 is 23.3 Å². The lowest BCUT2D eigenvalue weighted by Gasteiger charge is -2.35. The molecule has 0 spiro atoms. The first-order chi connectivity index (χ1) is 15.8. The SMILES string of the molecule is Cc1ccc(N2C(=O)[C@@](NC(=O)c3ccccc3F)(C(F)(F)F)C3=C2CC(C)(C)CC3=O)cc1. The molecule has 1 heterocycles. The topological polar surface area (TPSA) is 66.5 Å². The number of Topliss-reactive ketones (excluding diaryl/α,β-unsaturated/α-hetero) is 1. The molecule has 0 saturated heterocycles. The molecule has 178 valence electrons. The Bertz CT molecular complexity index is 1230. The van der Waals surface area contributed by atoms with Crippen LogP contribution in [0, 0.1) is 18.2 Å². The number of ketones is 1. The van der Waals surface area contributed by atoms with Crippen LogP contribution in [-0.2, 0) is 9.59 Å². The van der Waals surface area contributed by atoms with Gasteiger partial charge in [0, 0.05) is 17.8 Å². The van der Waals surface area contributed by atoms with Gasteiger partial charge < -0.3 is 5.32 Å². The summed E-state index contributed by atoms with van der Waals surface area (Å²) in [4.78, 5) is 40.5. The van der Waals surface area contributed by atoms with Crippen LogP contribution in [0.25, 0.3) is 0 Å². The quantitative estimate of drug-likeness (QED) is 0.647. The van der Waals surface area contributed by atoms with Crippen molar-refractivity contribution in [3.8, 4) is 0 Å². The van der Waals surface area contributed by atoms with Crippen molar-refractivity contribution in [2.24, 2.45) is 5.41 Å². The number of amides is 2. The fourth-order valence-corrected chi connectivity index (χ4v) is 4.60. The molecule has 0 bridgehead atoms. The Kier molecular flexibility index (Phi) is 5.42. The lowest BCUT2D eigenvalue weighted by atomic mass is 9.72. The van der Waals surface area contributed by atoms with Crippen LogP contribution in [-0.4, -0.2) is 29.3 Å². The van der Waals surface area contributed by atoms with E-state index in [1.807, 2.05) is 0 Å². The van der Waals surface area contributed by atoms with Crippen LogP contribution in [0.5, 0.6) is 0 Å². The first kappa shape index (κ1) is 23.7. The molecule has 2 amide bonds. The largest absolute Gasteiger partial charge is 0.425 e. The smallest absolute Gasteiger partial charge is 0.326 e. The minimum atomic E-state index is -5.37. The van der Waals surface area contributed by atoms with Gasteiger partial charge in [-0.2, -0.15) is 13.2 Å². The molecule has 0 fully saturated rings. The molecule has 2 aliphatic rings. The van der Waals surface area contributed by atoms with Crippen molar-refractivity contribution in [1.29, 1.82) is 0 Å². The Morgan fingerprint density at radius 2 is 1.62 bits per heavy atom. The van der Waals surface area contributed by atoms with Crippen LogP contribution in [0.1, 0.15) is 42.6 Å². The second-order valence-electron chi connectivity index (χ2n) is 9.42. The number of benzene rings is 2. The summed E-state index contributed by atoms with van der Waals surface area (Å²) in [5.74, 6) is -4.91. The summed E-state index contributed by atoms with van der Waals surface area (Å²) in [6.07, 6.45) is -5.61. The number of carbonyl (C=O) groups is 3. The molecule has 4 rings (SSSR count). The number of halogens is 4. The molecule has 1 aliphatic carbocycles. The lowest BCUT2D eigenvalue weighted by Crippen LogP contribution is -2.66. The number of nitrogens with one attached hydrogen (secondary N) is 1. The average Bonchev–Trinajstić information content (AvgIpc) is 2.96. The van der Waals surface area contributed by atoms with Crippen LogP contribution in [0.3, 0.4) is 0 Å². The molecule has 0 radical (unpaired) electrons. The zero-order valence-electron chi connectivity index (χ0n) is 18.7. The summed E-state index contributed by atoms with van der Waals surface area (Å²) < 4.78 is 58.6. The van der Waals surface area contributed by atoms with E-state index in [1.165, 1.54) is 24.3 Å². The molecule has 9 heteroatoms. The monoisotopic (exact) mass is 474 g/mol. The number of allylic oxidation sites excluding steroid dienone is 1. The molecule has 0 aromatic heterocycles. The molecule has 2 aromatic rings. The Morgan fingerprint density at radius 1 is 1.00 bits per heavy atom. The van der Waals surface area contributed by atoms with Gasteiger partial charge in [-0.15, -0.1) is 0 Å². The molecule has 0 unspecified atom stereocenters. The average molecular weight is 474 g/mol. The molecule has 2 aromatic carbocycles. The van der Waals surface area contributed by atoms with Crippen LogP contribution in [0.15, 0.2) is 59.8 Å². The number of rotatable bonds is 3. The fraction of sp³-hybridized carbons (Fsp3) is 0.320. The number of aryl methyl sites for hydroxylation is 1. The van der Waals surface area contributed by atoms with Crippen molar-refractivity contribution in [1.82, 2.24) is 5.32 Å². The van der Waals surface area contributed by atoms with Crippen molar-refractivity contribution < 1.29 is 31.9 Å². The van der Waals surface area contributed by atoms with Crippen molar-refractivity contribution in [2.45, 2.75) is 45.3 Å². The maximum atomic E-state index is 14.8. The van der Waals surface area contributed by atoms with E-state index in [2.05, 4.69) is 0 Å². The first-order valence-corrected chi connectivity index (χ1v) is 10.6. The lowest BCUT2D eigenvalue weighted by molar-refractivity contribution is -0.186. The highest BCUT2D eigenvalue weighted by Crippen LogP contribution is 2.52. The molecule has 5 nitrogen and oxygen atoms in total. The third-order valence-electron chi connectivity index (χ3n) is 6.16. The third kappa shape index (κ3) is 3.59. The van der Waals surface area contributed by atoms with Gasteiger partial charge in [-0.3, -0.25) is 19.3 Å². The van der Waals surface area contributed by atoms with E-state index in [4.69, 9.17) is 0 Å². The summed E-state index contributed by atoms with van der Waals surface area (Å²) in [5, 5.41) is 1.73. The van der Waals surface area contributed by atoms with Gasteiger partial charge in [0.05, 0.1) is 11.1 Å². The zero-order valence-corrected chi connectivity index (χ0v) is 18.7. The maximum absolute atomic E-state index is 14.8. The normalized spacial score (nSPS) is 22.1. The van der Waals surface area contributed by atoms with Crippen LogP contribution < -0.4 is 10.2 Å². The molecule has 1 atom stereocenters. The highest BCUT2D eigenvalue weighted by Gasteiger charge is 2.72. The minimum Gasteiger partial charge on any atom is -0.326 e. The van der Waals surface area contributed by atoms with Crippen molar-refractivity contribution in [3.63, 3.8) is 0 Å². The number of anilines is 1. The van der Waals surface area contributed by atoms with E-state index in [0.717, 1.165) is 22.6 Å². The second kappa shape index (κ2) is 7.78. The Balaban J connectivity index is 1.95. The highest BCUT2D eigenvalue weighted by atomic mass is 19.4. The van der Waals surface area contributed by atoms with Gasteiger partial charge in [0.2, 0.25) is 5.54 Å². The minimum absolute atomic E-state index is 0.00108. The van der Waals surface area contributed by atoms with Gasteiger partial charge in [0.15, 0.2) is 5.78 Å². The van der Waals surface area contributed by atoms with Gasteiger partial charge in [-0.25, -0.2) is 4.39 Å². The number of nitrogens with zero attached hydrogens (tertiary/aromatic N) is 1. The predicted octanol–water partition coefficient (Wildman–Crippen LogP) is 4.86. The van der Waals surface area contributed by atoms with Crippen LogP contribution >= 0.6 is 0 Å². The van der Waals surface area contributed by atoms with Gasteiger partial charge in [-0.1, -0.05) is 43.7 Å². The summed E-state index contributed by atoms with van der Waals surface area (Å²) in [7, 11) is 0. The molecule has 1 aliphatic heterocycles. The standard InChI is InChI=1S/C25H22F4N2O3/c1-14-8-10-15(11-9-14)31-18-12-23(2,3)13-19(32)20(18)24(22(31)34,25(27,28)29)30-21(33)16-6-4-5-7-17(16)26/h4-11H,12-13H2,1-3H3,(H,30,33)/t24-/m1/s1. The van der Waals surface area contributed by atoms with E-state index in [0.29, 0.717) is 0 Å². The Hall–Kier alpha value is -3.49. The zero-order chi connectivity index (χ0) is 25.1. The van der Waals surface area contributed by atoms with E-state index in [-0.39, 0.29) is 24.2 Å². The molecular formula is C25H22F4N2O3. The molecule has 34 heavy (non-hydrogen) atoms. The van der Waals surface area contributed by atoms with Gasteiger partial charge in [0.25, 0.3) is 11.8 Å². The summed E-state index contributed by atoms with van der Waals surface area (Å²) >= 11 is 0. The third-order valence-corrected chi connectivity index (χ3v) is 6.16. The van der Waals surface area contributed by atoms with E-state index in [9.17, 15) is 31.9 Å². The van der Waals surface area contributed by atoms with E-state index in [1.54, 1.807) is 38.2 Å². The Morgan fingerprint density at radius 3 is 2.21 bits per heavy atom. The van der Waals surface area contributed by atoms with E-state index < -0.39 is 51.7 Å². The van der Waals surface area contributed by atoms with Crippen LogP contribution in [0.2, 0.25) is 0 Å². The number of hydrogen-bond donors (Lipinski definition) is 1. The van der Waals surface area contributed by atoms with Crippen molar-refractivity contribution in [2.75, 3.05) is 4.90 Å². The second-order valence-corrected chi connectivity index (χ2v) is 9.42. The van der Waals surface area contributed by atoms with Crippen molar-refractivity contribution in [3.05, 3.63) is 76.7 Å². The summed E-state index contributed by atoms with van der Waals surface area (Å²) in [5.41, 5.74) is -4.98. The van der Waals surface area contributed by atoms with Crippen LogP contribution in [0.4, 0.5) is 23.2 Å².